The van der Waals surface area contributed by atoms with Crippen LogP contribution in [0.15, 0.2) is 6.07 Å². The van der Waals surface area contributed by atoms with Gasteiger partial charge in [-0.1, -0.05) is 20.3 Å². The maximum Gasteiger partial charge on any atom is 0.219 e. The number of anilines is 1. The molecule has 5 heteroatoms. The highest BCUT2D eigenvalue weighted by Crippen LogP contribution is 2.28. The number of nitrogens with zero attached hydrogens (tertiary/aromatic N) is 2. The summed E-state index contributed by atoms with van der Waals surface area (Å²) in [7, 11) is 1.65. The van der Waals surface area contributed by atoms with Gasteiger partial charge in [0, 0.05) is 19.7 Å². The van der Waals surface area contributed by atoms with Crippen LogP contribution in [0.5, 0.6) is 5.88 Å². The monoisotopic (exact) mass is 293 g/mol. The van der Waals surface area contributed by atoms with Crippen molar-refractivity contribution in [2.75, 3.05) is 19.0 Å². The van der Waals surface area contributed by atoms with Crippen molar-refractivity contribution in [2.45, 2.75) is 58.7 Å². The van der Waals surface area contributed by atoms with E-state index in [4.69, 9.17) is 9.47 Å². The number of ether oxygens (including phenoxy) is 2. The number of nitrogens with one attached hydrogen (secondary N) is 1. The van der Waals surface area contributed by atoms with Crippen molar-refractivity contribution in [2.24, 2.45) is 5.92 Å². The average molecular weight is 293 g/mol. The van der Waals surface area contributed by atoms with E-state index < -0.39 is 0 Å². The van der Waals surface area contributed by atoms with Crippen LogP contribution in [0.1, 0.15) is 51.8 Å². The fraction of sp³-hybridized carbons (Fsp3) is 0.750. The minimum absolute atomic E-state index is 0.267. The Labute approximate surface area is 127 Å². The molecule has 1 aliphatic carbocycles. The SMILES string of the molecule is CCCNc1cc(OC2CCCCC2C)nc(COC)n1. The van der Waals surface area contributed by atoms with E-state index in [1.54, 1.807) is 7.11 Å². The Hall–Kier alpha value is -1.36. The Kier molecular flexibility index (Phi) is 6.23. The molecule has 1 fully saturated rings. The van der Waals surface area contributed by atoms with Gasteiger partial charge in [-0.05, 0) is 31.6 Å². The summed E-state index contributed by atoms with van der Waals surface area (Å²) in [6, 6.07) is 1.90. The molecule has 1 N–H and O–H groups in total. The third kappa shape index (κ3) is 4.84. The summed E-state index contributed by atoms with van der Waals surface area (Å²) in [5.74, 6) is 2.73. The van der Waals surface area contributed by atoms with Crippen LogP contribution in [0.3, 0.4) is 0 Å². The van der Waals surface area contributed by atoms with Gasteiger partial charge in [0.25, 0.3) is 0 Å². The van der Waals surface area contributed by atoms with E-state index in [0.717, 1.165) is 25.2 Å². The topological polar surface area (TPSA) is 56.3 Å². The maximum atomic E-state index is 6.13. The van der Waals surface area contributed by atoms with Crippen LogP contribution in [-0.4, -0.2) is 29.7 Å². The molecule has 1 aromatic heterocycles. The lowest BCUT2D eigenvalue weighted by molar-refractivity contribution is 0.0961. The van der Waals surface area contributed by atoms with E-state index in [2.05, 4.69) is 29.1 Å². The molecule has 21 heavy (non-hydrogen) atoms. The summed E-state index contributed by atoms with van der Waals surface area (Å²) in [5.41, 5.74) is 0. The molecule has 1 saturated carbocycles. The van der Waals surface area contributed by atoms with E-state index in [0.29, 0.717) is 24.2 Å². The van der Waals surface area contributed by atoms with Gasteiger partial charge in [-0.25, -0.2) is 4.98 Å². The van der Waals surface area contributed by atoms with Gasteiger partial charge in [0.2, 0.25) is 5.88 Å². The van der Waals surface area contributed by atoms with Gasteiger partial charge in [0.1, 0.15) is 18.5 Å². The maximum absolute atomic E-state index is 6.13. The lowest BCUT2D eigenvalue weighted by Gasteiger charge is -2.29. The lowest BCUT2D eigenvalue weighted by atomic mass is 9.88. The summed E-state index contributed by atoms with van der Waals surface area (Å²) in [5, 5.41) is 3.30. The predicted molar refractivity (Wildman–Crippen MR) is 83.6 cm³/mol. The molecule has 0 bridgehead atoms. The summed E-state index contributed by atoms with van der Waals surface area (Å²) >= 11 is 0. The molecule has 0 radical (unpaired) electrons. The van der Waals surface area contributed by atoms with Crippen molar-refractivity contribution in [1.29, 1.82) is 0 Å². The van der Waals surface area contributed by atoms with Crippen LogP contribution in [0, 0.1) is 5.92 Å². The number of aromatic nitrogens is 2. The van der Waals surface area contributed by atoms with E-state index in [1.165, 1.54) is 19.3 Å². The van der Waals surface area contributed by atoms with Crippen molar-refractivity contribution < 1.29 is 9.47 Å². The van der Waals surface area contributed by atoms with E-state index in [1.807, 2.05) is 6.07 Å². The van der Waals surface area contributed by atoms with Crippen LogP contribution in [-0.2, 0) is 11.3 Å². The van der Waals surface area contributed by atoms with E-state index in [-0.39, 0.29) is 6.10 Å². The fourth-order valence-corrected chi connectivity index (χ4v) is 2.68. The number of hydrogen-bond acceptors (Lipinski definition) is 5. The molecule has 2 rings (SSSR count). The molecule has 0 saturated heterocycles. The molecule has 1 aromatic rings. The second-order valence-corrected chi connectivity index (χ2v) is 5.79. The Balaban J connectivity index is 2.10. The van der Waals surface area contributed by atoms with Crippen molar-refractivity contribution in [3.05, 3.63) is 11.9 Å². The molecular weight excluding hydrogens is 266 g/mol. The Morgan fingerprint density at radius 1 is 1.29 bits per heavy atom. The lowest BCUT2D eigenvalue weighted by Crippen LogP contribution is -2.28. The smallest absolute Gasteiger partial charge is 0.219 e. The second-order valence-electron chi connectivity index (χ2n) is 5.79. The van der Waals surface area contributed by atoms with E-state index in [9.17, 15) is 0 Å². The Morgan fingerprint density at radius 3 is 2.81 bits per heavy atom. The quantitative estimate of drug-likeness (QED) is 0.835. The summed E-state index contributed by atoms with van der Waals surface area (Å²) in [4.78, 5) is 8.91. The van der Waals surface area contributed by atoms with Crippen molar-refractivity contribution in [3.8, 4) is 5.88 Å². The molecular formula is C16H27N3O2. The molecule has 0 amide bonds. The van der Waals surface area contributed by atoms with E-state index >= 15 is 0 Å². The minimum atomic E-state index is 0.267. The first kappa shape index (κ1) is 16.0. The van der Waals surface area contributed by atoms with Gasteiger partial charge in [0.15, 0.2) is 5.82 Å². The Morgan fingerprint density at radius 2 is 2.10 bits per heavy atom. The zero-order valence-corrected chi connectivity index (χ0v) is 13.4. The highest BCUT2D eigenvalue weighted by Gasteiger charge is 2.23. The second kappa shape index (κ2) is 8.17. The first-order chi connectivity index (χ1) is 10.2. The van der Waals surface area contributed by atoms with Crippen molar-refractivity contribution in [1.82, 2.24) is 9.97 Å². The van der Waals surface area contributed by atoms with Crippen LogP contribution >= 0.6 is 0 Å². The first-order valence-corrected chi connectivity index (χ1v) is 8.00. The predicted octanol–water partition coefficient (Wildman–Crippen LogP) is 3.40. The Bertz CT molecular complexity index is 440. The molecule has 0 aromatic carbocycles. The molecule has 1 heterocycles. The highest BCUT2D eigenvalue weighted by atomic mass is 16.5. The largest absolute Gasteiger partial charge is 0.474 e. The number of methoxy groups -OCH3 is 1. The molecule has 1 aliphatic rings. The van der Waals surface area contributed by atoms with Gasteiger partial charge in [-0.2, -0.15) is 4.98 Å². The van der Waals surface area contributed by atoms with Crippen LogP contribution in [0.25, 0.3) is 0 Å². The molecule has 118 valence electrons. The third-order valence-electron chi connectivity index (χ3n) is 3.88. The van der Waals surface area contributed by atoms with Crippen LogP contribution in [0.2, 0.25) is 0 Å². The van der Waals surface area contributed by atoms with Gasteiger partial charge in [-0.3, -0.25) is 0 Å². The fourth-order valence-electron chi connectivity index (χ4n) is 2.68. The standard InChI is InChI=1S/C16H27N3O2/c1-4-9-17-14-10-16(19-15(18-14)11-20-3)21-13-8-6-5-7-12(13)2/h10,12-13H,4-9,11H2,1-3H3,(H,17,18,19). The summed E-state index contributed by atoms with van der Waals surface area (Å²) in [6.07, 6.45) is 6.22. The molecule has 0 aliphatic heterocycles. The average Bonchev–Trinajstić information content (AvgIpc) is 2.48. The summed E-state index contributed by atoms with van der Waals surface area (Å²) < 4.78 is 11.3. The number of hydrogen-bond donors (Lipinski definition) is 1. The van der Waals surface area contributed by atoms with Gasteiger partial charge < -0.3 is 14.8 Å². The highest BCUT2D eigenvalue weighted by molar-refractivity contribution is 5.38. The molecule has 2 unspecified atom stereocenters. The number of rotatable bonds is 7. The van der Waals surface area contributed by atoms with Gasteiger partial charge in [-0.15, -0.1) is 0 Å². The van der Waals surface area contributed by atoms with Crippen LogP contribution in [0.4, 0.5) is 5.82 Å². The van der Waals surface area contributed by atoms with Gasteiger partial charge in [0.05, 0.1) is 0 Å². The minimum Gasteiger partial charge on any atom is -0.474 e. The zero-order chi connectivity index (χ0) is 15.1. The molecule has 0 spiro atoms. The van der Waals surface area contributed by atoms with Crippen molar-refractivity contribution in [3.63, 3.8) is 0 Å². The zero-order valence-electron chi connectivity index (χ0n) is 13.4. The molecule has 2 atom stereocenters. The normalized spacial score (nSPS) is 22.0. The van der Waals surface area contributed by atoms with Gasteiger partial charge >= 0.3 is 0 Å². The first-order valence-electron chi connectivity index (χ1n) is 8.00. The third-order valence-corrected chi connectivity index (χ3v) is 3.88. The summed E-state index contributed by atoms with van der Waals surface area (Å²) in [6.45, 7) is 5.68. The van der Waals surface area contributed by atoms with Crippen molar-refractivity contribution >= 4 is 5.82 Å². The van der Waals surface area contributed by atoms with Crippen LogP contribution < -0.4 is 10.1 Å². The molecule has 5 nitrogen and oxygen atoms in total.